The highest BCUT2D eigenvalue weighted by Gasteiger charge is 2.19. The van der Waals surface area contributed by atoms with Gasteiger partial charge in [-0.15, -0.1) is 0 Å². The van der Waals surface area contributed by atoms with Crippen LogP contribution in [0.15, 0.2) is 46.0 Å². The number of aryl methyl sites for hydroxylation is 1. The van der Waals surface area contributed by atoms with Gasteiger partial charge in [0.1, 0.15) is 0 Å². The van der Waals surface area contributed by atoms with E-state index in [1.807, 2.05) is 26.0 Å². The van der Waals surface area contributed by atoms with Crippen LogP contribution in [0.1, 0.15) is 30.9 Å². The molecule has 1 aliphatic rings. The Labute approximate surface area is 217 Å². The van der Waals surface area contributed by atoms with Crippen molar-refractivity contribution in [3.8, 4) is 11.5 Å². The van der Waals surface area contributed by atoms with Crippen molar-refractivity contribution in [2.24, 2.45) is 5.10 Å². The summed E-state index contributed by atoms with van der Waals surface area (Å²) >= 11 is 3.43. The van der Waals surface area contributed by atoms with Gasteiger partial charge in [-0.1, -0.05) is 15.9 Å². The summed E-state index contributed by atoms with van der Waals surface area (Å²) in [6.07, 6.45) is 3.13. The van der Waals surface area contributed by atoms with Crippen molar-refractivity contribution in [3.63, 3.8) is 0 Å². The Hall–Kier alpha value is -3.44. The highest BCUT2D eigenvalue weighted by atomic mass is 79.9. The van der Waals surface area contributed by atoms with Gasteiger partial charge in [-0.3, -0.25) is 14.4 Å². The lowest BCUT2D eigenvalue weighted by atomic mass is 10.2. The van der Waals surface area contributed by atoms with Gasteiger partial charge >= 0.3 is 11.8 Å². The smallest absolute Gasteiger partial charge is 0.329 e. The van der Waals surface area contributed by atoms with Gasteiger partial charge in [-0.2, -0.15) is 5.10 Å². The van der Waals surface area contributed by atoms with Crippen molar-refractivity contribution in [1.29, 1.82) is 0 Å². The molecule has 2 aromatic carbocycles. The molecule has 3 N–H and O–H groups in total. The van der Waals surface area contributed by atoms with Gasteiger partial charge in [0.25, 0.3) is 5.91 Å². The van der Waals surface area contributed by atoms with Crippen LogP contribution in [0.25, 0.3) is 0 Å². The summed E-state index contributed by atoms with van der Waals surface area (Å²) in [5.41, 5.74) is 4.46. The van der Waals surface area contributed by atoms with E-state index in [1.165, 1.54) is 6.21 Å². The summed E-state index contributed by atoms with van der Waals surface area (Å²) in [5, 5.41) is 9.14. The SMILES string of the molecule is CCOc1cc(/C=N\NC(=O)C(=O)NC[C@H]2CCCO2)ccc1OCC(=O)Nc1ccc(Br)c(C)c1. The molecule has 1 atom stereocenters. The Morgan fingerprint density at radius 1 is 1.14 bits per heavy atom. The van der Waals surface area contributed by atoms with Gasteiger partial charge in [0.05, 0.1) is 18.9 Å². The normalized spacial score (nSPS) is 14.9. The van der Waals surface area contributed by atoms with Gasteiger partial charge in [0, 0.05) is 23.3 Å². The lowest BCUT2D eigenvalue weighted by molar-refractivity contribution is -0.139. The highest BCUT2D eigenvalue weighted by molar-refractivity contribution is 9.10. The van der Waals surface area contributed by atoms with Crippen LogP contribution in [0.5, 0.6) is 11.5 Å². The average Bonchev–Trinajstić information content (AvgIpc) is 3.38. The number of anilines is 1. The number of benzene rings is 2. The molecule has 0 saturated carbocycles. The fourth-order valence-electron chi connectivity index (χ4n) is 3.36. The molecule has 2 aromatic rings. The number of hydrazone groups is 1. The van der Waals surface area contributed by atoms with Crippen molar-refractivity contribution in [3.05, 3.63) is 52.0 Å². The molecule has 3 rings (SSSR count). The molecule has 1 heterocycles. The van der Waals surface area contributed by atoms with Crippen molar-refractivity contribution in [2.75, 3.05) is 31.7 Å². The fraction of sp³-hybridized carbons (Fsp3) is 0.360. The summed E-state index contributed by atoms with van der Waals surface area (Å²) in [6.45, 7) is 4.88. The first-order valence-electron chi connectivity index (χ1n) is 11.5. The van der Waals surface area contributed by atoms with E-state index in [-0.39, 0.29) is 25.2 Å². The van der Waals surface area contributed by atoms with E-state index in [4.69, 9.17) is 14.2 Å². The van der Waals surface area contributed by atoms with Gasteiger partial charge in [-0.25, -0.2) is 5.43 Å². The number of carbonyl (C=O) groups is 3. The Balaban J connectivity index is 1.51. The second kappa shape index (κ2) is 13.6. The minimum Gasteiger partial charge on any atom is -0.490 e. The molecule has 0 aromatic heterocycles. The second-order valence-electron chi connectivity index (χ2n) is 7.98. The number of halogens is 1. The quantitative estimate of drug-likeness (QED) is 0.233. The highest BCUT2D eigenvalue weighted by Crippen LogP contribution is 2.28. The molecule has 11 heteroatoms. The summed E-state index contributed by atoms with van der Waals surface area (Å²) < 4.78 is 17.6. The van der Waals surface area contributed by atoms with Crippen LogP contribution < -0.4 is 25.5 Å². The van der Waals surface area contributed by atoms with Crippen LogP contribution >= 0.6 is 15.9 Å². The summed E-state index contributed by atoms with van der Waals surface area (Å²) in [6, 6.07) is 10.5. The number of carbonyl (C=O) groups excluding carboxylic acids is 3. The van der Waals surface area contributed by atoms with Crippen molar-refractivity contribution >= 4 is 45.6 Å². The van der Waals surface area contributed by atoms with E-state index >= 15 is 0 Å². The molecule has 0 spiro atoms. The molecule has 0 radical (unpaired) electrons. The van der Waals surface area contributed by atoms with E-state index in [9.17, 15) is 14.4 Å². The number of hydrogen-bond acceptors (Lipinski definition) is 7. The van der Waals surface area contributed by atoms with E-state index in [0.717, 1.165) is 22.9 Å². The van der Waals surface area contributed by atoms with E-state index in [0.29, 0.717) is 36.0 Å². The zero-order valence-corrected chi connectivity index (χ0v) is 21.7. The first-order chi connectivity index (χ1) is 17.4. The zero-order valence-electron chi connectivity index (χ0n) is 20.1. The van der Waals surface area contributed by atoms with Crippen molar-refractivity contribution < 1.29 is 28.6 Å². The Morgan fingerprint density at radius 3 is 2.69 bits per heavy atom. The van der Waals surface area contributed by atoms with Crippen LogP contribution in [0.4, 0.5) is 5.69 Å². The Morgan fingerprint density at radius 2 is 1.97 bits per heavy atom. The average molecular weight is 561 g/mol. The van der Waals surface area contributed by atoms with Gasteiger partial charge in [0.2, 0.25) is 0 Å². The van der Waals surface area contributed by atoms with E-state index in [2.05, 4.69) is 37.1 Å². The summed E-state index contributed by atoms with van der Waals surface area (Å²) in [4.78, 5) is 36.1. The molecule has 1 aliphatic heterocycles. The number of ether oxygens (including phenoxy) is 3. The van der Waals surface area contributed by atoms with E-state index in [1.54, 1.807) is 24.3 Å². The summed E-state index contributed by atoms with van der Waals surface area (Å²) in [5.74, 6) is -1.17. The van der Waals surface area contributed by atoms with Crippen LogP contribution in [0.2, 0.25) is 0 Å². The van der Waals surface area contributed by atoms with Gasteiger partial charge < -0.3 is 24.8 Å². The Kier molecular flexibility index (Phi) is 10.3. The van der Waals surface area contributed by atoms with Crippen LogP contribution in [-0.2, 0) is 19.1 Å². The zero-order chi connectivity index (χ0) is 25.9. The summed E-state index contributed by atoms with van der Waals surface area (Å²) in [7, 11) is 0. The van der Waals surface area contributed by atoms with Crippen molar-refractivity contribution in [1.82, 2.24) is 10.7 Å². The number of amides is 3. The Bertz CT molecular complexity index is 1120. The van der Waals surface area contributed by atoms with Gasteiger partial charge in [0.15, 0.2) is 18.1 Å². The predicted molar refractivity (Wildman–Crippen MR) is 138 cm³/mol. The van der Waals surface area contributed by atoms with E-state index < -0.39 is 11.8 Å². The predicted octanol–water partition coefficient (Wildman–Crippen LogP) is 2.92. The molecule has 0 bridgehead atoms. The van der Waals surface area contributed by atoms with Crippen molar-refractivity contribution in [2.45, 2.75) is 32.8 Å². The topological polar surface area (TPSA) is 127 Å². The fourth-order valence-corrected chi connectivity index (χ4v) is 3.61. The molecule has 36 heavy (non-hydrogen) atoms. The molecular formula is C25H29BrN4O6. The van der Waals surface area contributed by atoms with Gasteiger partial charge in [-0.05, 0) is 74.2 Å². The molecule has 0 unspecified atom stereocenters. The molecule has 1 saturated heterocycles. The number of nitrogens with one attached hydrogen (secondary N) is 3. The lowest BCUT2D eigenvalue weighted by Gasteiger charge is -2.13. The molecule has 10 nitrogen and oxygen atoms in total. The third kappa shape index (κ3) is 8.35. The third-order valence-corrected chi connectivity index (χ3v) is 6.06. The molecular weight excluding hydrogens is 532 g/mol. The number of rotatable bonds is 10. The van der Waals surface area contributed by atoms with Crippen LogP contribution in [0, 0.1) is 6.92 Å². The first kappa shape index (κ1) is 27.2. The van der Waals surface area contributed by atoms with Crippen LogP contribution in [-0.4, -0.2) is 56.4 Å². The monoisotopic (exact) mass is 560 g/mol. The molecule has 3 amide bonds. The maximum absolute atomic E-state index is 12.3. The first-order valence-corrected chi connectivity index (χ1v) is 12.3. The number of nitrogens with zero attached hydrogens (tertiary/aromatic N) is 1. The third-order valence-electron chi connectivity index (χ3n) is 5.17. The maximum Gasteiger partial charge on any atom is 0.329 e. The molecule has 0 aliphatic carbocycles. The van der Waals surface area contributed by atoms with Crippen LogP contribution in [0.3, 0.4) is 0 Å². The minimum atomic E-state index is -0.874. The maximum atomic E-state index is 12.3. The minimum absolute atomic E-state index is 0.0565. The standard InChI is InChI=1S/C25H29BrN4O6/c1-3-34-22-12-17(13-28-30-25(33)24(32)27-14-19-5-4-10-35-19)6-9-21(22)36-15-23(31)29-18-7-8-20(26)16(2)11-18/h6-9,11-13,19H,3-5,10,14-15H2,1-2H3,(H,27,32)(H,29,31)(H,30,33)/b28-13-/t19-/m1/s1. The lowest BCUT2D eigenvalue weighted by Crippen LogP contribution is -2.41. The molecule has 192 valence electrons. The second-order valence-corrected chi connectivity index (χ2v) is 8.84. The number of hydrogen-bond donors (Lipinski definition) is 3. The molecule has 1 fully saturated rings. The largest absolute Gasteiger partial charge is 0.490 e.